The molecule has 4 unspecified atom stereocenters. The predicted molar refractivity (Wildman–Crippen MR) is 98.1 cm³/mol. The van der Waals surface area contributed by atoms with Crippen molar-refractivity contribution in [2.75, 3.05) is 6.54 Å². The number of hydrogen-bond donors (Lipinski definition) is 3. The predicted octanol–water partition coefficient (Wildman–Crippen LogP) is 2.50. The van der Waals surface area contributed by atoms with Crippen molar-refractivity contribution in [1.29, 1.82) is 0 Å². The zero-order valence-electron chi connectivity index (χ0n) is 15.2. The molecule has 5 heteroatoms. The number of benzene rings is 1. The molecule has 0 radical (unpaired) electrons. The van der Waals surface area contributed by atoms with E-state index >= 15 is 0 Å². The number of nitrogens with one attached hydrogen (secondary N) is 2. The van der Waals surface area contributed by atoms with Crippen LogP contribution in [0.4, 0.5) is 0 Å². The molecule has 1 fully saturated rings. The van der Waals surface area contributed by atoms with Gasteiger partial charge < -0.3 is 15.7 Å². The highest BCUT2D eigenvalue weighted by Crippen LogP contribution is 2.23. The summed E-state index contributed by atoms with van der Waals surface area (Å²) in [4.78, 5) is 25.1. The van der Waals surface area contributed by atoms with E-state index in [9.17, 15) is 14.7 Å². The monoisotopic (exact) mass is 346 g/mol. The van der Waals surface area contributed by atoms with E-state index < -0.39 is 6.04 Å². The Kier molecular flexibility index (Phi) is 7.44. The second kappa shape index (κ2) is 9.56. The molecule has 0 heterocycles. The molecule has 0 saturated heterocycles. The van der Waals surface area contributed by atoms with Crippen molar-refractivity contribution in [2.24, 2.45) is 11.8 Å². The summed E-state index contributed by atoms with van der Waals surface area (Å²) in [7, 11) is 0. The van der Waals surface area contributed by atoms with Crippen LogP contribution >= 0.6 is 0 Å². The fraction of sp³-hybridized carbons (Fsp3) is 0.600. The van der Waals surface area contributed by atoms with Gasteiger partial charge in [0.05, 0.1) is 6.10 Å². The lowest BCUT2D eigenvalue weighted by Gasteiger charge is -2.28. The van der Waals surface area contributed by atoms with E-state index in [0.29, 0.717) is 18.0 Å². The van der Waals surface area contributed by atoms with E-state index in [4.69, 9.17) is 0 Å². The Labute approximate surface area is 150 Å². The van der Waals surface area contributed by atoms with Crippen molar-refractivity contribution in [3.05, 3.63) is 35.9 Å². The van der Waals surface area contributed by atoms with Crippen molar-refractivity contribution in [1.82, 2.24) is 10.6 Å². The van der Waals surface area contributed by atoms with Gasteiger partial charge in [0.15, 0.2) is 0 Å². The lowest BCUT2D eigenvalue weighted by Crippen LogP contribution is -2.51. The molecule has 138 valence electrons. The molecule has 25 heavy (non-hydrogen) atoms. The maximum absolute atomic E-state index is 12.6. The molecule has 2 amide bonds. The SMILES string of the molecule is CCC(C)C(NC(=O)c1ccccc1)C(=O)NCC1CCCC(O)C1. The van der Waals surface area contributed by atoms with Crippen LogP contribution in [0.3, 0.4) is 0 Å². The quantitative estimate of drug-likeness (QED) is 0.710. The van der Waals surface area contributed by atoms with Gasteiger partial charge in [-0.2, -0.15) is 0 Å². The summed E-state index contributed by atoms with van der Waals surface area (Å²) >= 11 is 0. The molecule has 0 aliphatic heterocycles. The zero-order chi connectivity index (χ0) is 18.2. The average Bonchev–Trinajstić information content (AvgIpc) is 2.64. The lowest BCUT2D eigenvalue weighted by atomic mass is 9.87. The molecule has 1 aliphatic rings. The summed E-state index contributed by atoms with van der Waals surface area (Å²) in [6.45, 7) is 4.54. The van der Waals surface area contributed by atoms with Crippen molar-refractivity contribution in [2.45, 2.75) is 58.1 Å². The van der Waals surface area contributed by atoms with Crippen LogP contribution in [0.25, 0.3) is 0 Å². The summed E-state index contributed by atoms with van der Waals surface area (Å²) < 4.78 is 0. The largest absolute Gasteiger partial charge is 0.393 e. The van der Waals surface area contributed by atoms with E-state index in [-0.39, 0.29) is 23.8 Å². The lowest BCUT2D eigenvalue weighted by molar-refractivity contribution is -0.124. The summed E-state index contributed by atoms with van der Waals surface area (Å²) in [6, 6.07) is 8.40. The second-order valence-electron chi connectivity index (χ2n) is 7.13. The Morgan fingerprint density at radius 3 is 2.60 bits per heavy atom. The molecule has 3 N–H and O–H groups in total. The first kappa shape index (κ1) is 19.4. The molecule has 5 nitrogen and oxygen atoms in total. The van der Waals surface area contributed by atoms with Crippen LogP contribution in [0.5, 0.6) is 0 Å². The van der Waals surface area contributed by atoms with Crippen molar-refractivity contribution < 1.29 is 14.7 Å². The summed E-state index contributed by atoms with van der Waals surface area (Å²) in [5.74, 6) is -0.00690. The third-order valence-electron chi connectivity index (χ3n) is 5.14. The van der Waals surface area contributed by atoms with Crippen LogP contribution in [0.1, 0.15) is 56.3 Å². The molecule has 2 rings (SSSR count). The number of aliphatic hydroxyl groups is 1. The molecule has 0 bridgehead atoms. The smallest absolute Gasteiger partial charge is 0.251 e. The highest BCUT2D eigenvalue weighted by molar-refractivity contribution is 5.97. The maximum atomic E-state index is 12.6. The maximum Gasteiger partial charge on any atom is 0.251 e. The van der Waals surface area contributed by atoms with Crippen LogP contribution in [-0.4, -0.2) is 35.6 Å². The van der Waals surface area contributed by atoms with Gasteiger partial charge in [0, 0.05) is 12.1 Å². The van der Waals surface area contributed by atoms with Gasteiger partial charge in [-0.05, 0) is 43.2 Å². The Hall–Kier alpha value is -1.88. The third-order valence-corrected chi connectivity index (χ3v) is 5.14. The zero-order valence-corrected chi connectivity index (χ0v) is 15.2. The molecule has 1 aliphatic carbocycles. The minimum absolute atomic E-state index is 0.0459. The van der Waals surface area contributed by atoms with E-state index in [1.165, 1.54) is 0 Å². The van der Waals surface area contributed by atoms with E-state index in [2.05, 4.69) is 10.6 Å². The Morgan fingerprint density at radius 2 is 1.96 bits per heavy atom. The Bertz CT molecular complexity index is 561. The van der Waals surface area contributed by atoms with E-state index in [1.807, 2.05) is 32.0 Å². The van der Waals surface area contributed by atoms with Crippen LogP contribution in [0, 0.1) is 11.8 Å². The van der Waals surface area contributed by atoms with E-state index in [0.717, 1.165) is 32.1 Å². The van der Waals surface area contributed by atoms with Gasteiger partial charge in [0.2, 0.25) is 5.91 Å². The number of amides is 2. The van der Waals surface area contributed by atoms with Gasteiger partial charge in [-0.25, -0.2) is 0 Å². The summed E-state index contributed by atoms with van der Waals surface area (Å²) in [6.07, 6.45) is 4.18. The number of carbonyl (C=O) groups is 2. The van der Waals surface area contributed by atoms with Gasteiger partial charge in [0.25, 0.3) is 5.91 Å². The first-order chi connectivity index (χ1) is 12.0. The molecule has 0 spiro atoms. The second-order valence-corrected chi connectivity index (χ2v) is 7.13. The number of carbonyl (C=O) groups excluding carboxylic acids is 2. The number of aliphatic hydroxyl groups excluding tert-OH is 1. The third kappa shape index (κ3) is 5.85. The Balaban J connectivity index is 1.94. The number of hydrogen-bond acceptors (Lipinski definition) is 3. The first-order valence-corrected chi connectivity index (χ1v) is 9.33. The standard InChI is InChI=1S/C20H30N2O3/c1-3-14(2)18(22-19(24)16-9-5-4-6-10-16)20(25)21-13-15-8-7-11-17(23)12-15/h4-6,9-10,14-15,17-18,23H,3,7-8,11-13H2,1-2H3,(H,21,25)(H,22,24). The topological polar surface area (TPSA) is 78.4 Å². The van der Waals surface area contributed by atoms with Crippen molar-refractivity contribution in [3.63, 3.8) is 0 Å². The molecule has 4 atom stereocenters. The van der Waals surface area contributed by atoms with Crippen LogP contribution < -0.4 is 10.6 Å². The van der Waals surface area contributed by atoms with Gasteiger partial charge in [-0.15, -0.1) is 0 Å². The summed E-state index contributed by atoms with van der Waals surface area (Å²) in [5, 5.41) is 15.6. The normalized spacial score (nSPS) is 22.7. The number of rotatable bonds is 7. The fourth-order valence-corrected chi connectivity index (χ4v) is 3.32. The molecular formula is C20H30N2O3. The fourth-order valence-electron chi connectivity index (χ4n) is 3.32. The first-order valence-electron chi connectivity index (χ1n) is 9.33. The highest BCUT2D eigenvalue weighted by Gasteiger charge is 2.27. The molecule has 1 saturated carbocycles. The van der Waals surface area contributed by atoms with Gasteiger partial charge in [-0.1, -0.05) is 44.9 Å². The molecule has 1 aromatic carbocycles. The summed E-state index contributed by atoms with van der Waals surface area (Å²) in [5.41, 5.74) is 0.555. The average molecular weight is 346 g/mol. The van der Waals surface area contributed by atoms with Gasteiger partial charge >= 0.3 is 0 Å². The molecular weight excluding hydrogens is 316 g/mol. The van der Waals surface area contributed by atoms with Crippen LogP contribution in [0.2, 0.25) is 0 Å². The van der Waals surface area contributed by atoms with Gasteiger partial charge in [0.1, 0.15) is 6.04 Å². The van der Waals surface area contributed by atoms with Gasteiger partial charge in [-0.3, -0.25) is 9.59 Å². The highest BCUT2D eigenvalue weighted by atomic mass is 16.3. The molecule has 0 aromatic heterocycles. The minimum atomic E-state index is -0.550. The Morgan fingerprint density at radius 1 is 1.24 bits per heavy atom. The molecule has 1 aromatic rings. The van der Waals surface area contributed by atoms with E-state index in [1.54, 1.807) is 12.1 Å². The van der Waals surface area contributed by atoms with Crippen LogP contribution in [-0.2, 0) is 4.79 Å². The van der Waals surface area contributed by atoms with Crippen molar-refractivity contribution in [3.8, 4) is 0 Å². The minimum Gasteiger partial charge on any atom is -0.393 e. The van der Waals surface area contributed by atoms with Crippen molar-refractivity contribution >= 4 is 11.8 Å². The van der Waals surface area contributed by atoms with Crippen LogP contribution in [0.15, 0.2) is 30.3 Å².